The van der Waals surface area contributed by atoms with Crippen LogP contribution in [0.25, 0.3) is 0 Å². The molecule has 0 aliphatic carbocycles. The van der Waals surface area contributed by atoms with Gasteiger partial charge >= 0.3 is 0 Å². The van der Waals surface area contributed by atoms with Crippen LogP contribution in [0.15, 0.2) is 0 Å². The minimum atomic E-state index is -0.736. The molecular weight excluding hydrogens is 268 g/mol. The SMILES string of the molecule is CCC1C(=O)NC(CC)(CC)C(=O)N1CCC(C)(C)OC. The van der Waals surface area contributed by atoms with Crippen molar-refractivity contribution in [2.45, 2.75) is 77.5 Å². The van der Waals surface area contributed by atoms with Crippen LogP contribution in [-0.2, 0) is 14.3 Å². The maximum Gasteiger partial charge on any atom is 0.248 e. The van der Waals surface area contributed by atoms with E-state index in [2.05, 4.69) is 5.32 Å². The number of nitrogens with zero attached hydrogens (tertiary/aromatic N) is 1. The highest BCUT2D eigenvalue weighted by atomic mass is 16.5. The average molecular weight is 298 g/mol. The van der Waals surface area contributed by atoms with Gasteiger partial charge in [0.05, 0.1) is 5.60 Å². The number of hydrogen-bond donors (Lipinski definition) is 1. The first-order valence-electron chi connectivity index (χ1n) is 7.95. The molecule has 1 aliphatic heterocycles. The van der Waals surface area contributed by atoms with Crippen LogP contribution in [-0.4, -0.2) is 47.6 Å². The summed E-state index contributed by atoms with van der Waals surface area (Å²) in [6, 6.07) is -0.364. The van der Waals surface area contributed by atoms with Crippen molar-refractivity contribution in [1.82, 2.24) is 10.2 Å². The molecule has 1 N–H and O–H groups in total. The van der Waals surface area contributed by atoms with E-state index in [0.717, 1.165) is 0 Å². The normalized spacial score (nSPS) is 22.4. The van der Waals surface area contributed by atoms with Gasteiger partial charge in [0.25, 0.3) is 0 Å². The third kappa shape index (κ3) is 3.57. The Labute approximate surface area is 128 Å². The zero-order chi connectivity index (χ0) is 16.3. The highest BCUT2D eigenvalue weighted by Crippen LogP contribution is 2.27. The van der Waals surface area contributed by atoms with Crippen molar-refractivity contribution in [2.24, 2.45) is 0 Å². The lowest BCUT2D eigenvalue weighted by Gasteiger charge is -2.46. The fraction of sp³-hybridized carbons (Fsp3) is 0.875. The summed E-state index contributed by atoms with van der Waals surface area (Å²) < 4.78 is 5.43. The molecule has 5 heteroatoms. The van der Waals surface area contributed by atoms with Gasteiger partial charge in [0, 0.05) is 13.7 Å². The molecule has 1 saturated heterocycles. The molecule has 1 rings (SSSR count). The minimum absolute atomic E-state index is 0.0315. The van der Waals surface area contributed by atoms with Crippen molar-refractivity contribution in [3.63, 3.8) is 0 Å². The molecule has 1 heterocycles. The molecule has 1 unspecified atom stereocenters. The molecule has 2 amide bonds. The summed E-state index contributed by atoms with van der Waals surface area (Å²) in [5.41, 5.74) is -1.03. The van der Waals surface area contributed by atoms with Crippen molar-refractivity contribution in [3.8, 4) is 0 Å². The second-order valence-electron chi connectivity index (χ2n) is 6.41. The van der Waals surface area contributed by atoms with Crippen molar-refractivity contribution >= 4 is 11.8 Å². The molecule has 1 atom stereocenters. The minimum Gasteiger partial charge on any atom is -0.379 e. The molecule has 0 radical (unpaired) electrons. The number of nitrogens with one attached hydrogen (secondary N) is 1. The number of piperazine rings is 1. The van der Waals surface area contributed by atoms with Gasteiger partial charge in [-0.25, -0.2) is 0 Å². The number of methoxy groups -OCH3 is 1. The van der Waals surface area contributed by atoms with E-state index >= 15 is 0 Å². The summed E-state index contributed by atoms with van der Waals surface area (Å²) in [5.74, 6) is 0.0156. The number of amides is 2. The zero-order valence-electron chi connectivity index (χ0n) is 14.3. The molecule has 0 bridgehead atoms. The molecule has 0 aromatic rings. The Morgan fingerprint density at radius 2 is 1.81 bits per heavy atom. The fourth-order valence-electron chi connectivity index (χ4n) is 2.81. The molecule has 21 heavy (non-hydrogen) atoms. The van der Waals surface area contributed by atoms with Crippen molar-refractivity contribution < 1.29 is 14.3 Å². The maximum atomic E-state index is 12.9. The maximum absolute atomic E-state index is 12.9. The van der Waals surface area contributed by atoms with E-state index in [1.54, 1.807) is 12.0 Å². The third-order valence-corrected chi connectivity index (χ3v) is 4.81. The van der Waals surface area contributed by atoms with Gasteiger partial charge < -0.3 is 15.0 Å². The van der Waals surface area contributed by atoms with E-state index in [1.807, 2.05) is 34.6 Å². The van der Waals surface area contributed by atoms with Crippen LogP contribution in [0, 0.1) is 0 Å². The fourth-order valence-corrected chi connectivity index (χ4v) is 2.81. The van der Waals surface area contributed by atoms with Gasteiger partial charge in [-0.15, -0.1) is 0 Å². The molecule has 0 spiro atoms. The van der Waals surface area contributed by atoms with Crippen LogP contribution >= 0.6 is 0 Å². The summed E-state index contributed by atoms with van der Waals surface area (Å²) in [6.07, 6.45) is 2.58. The molecule has 0 saturated carbocycles. The molecule has 0 aromatic carbocycles. The Hall–Kier alpha value is -1.10. The summed E-state index contributed by atoms with van der Waals surface area (Å²) in [4.78, 5) is 27.0. The highest BCUT2D eigenvalue weighted by molar-refractivity contribution is 5.99. The van der Waals surface area contributed by atoms with E-state index in [1.165, 1.54) is 0 Å². The van der Waals surface area contributed by atoms with Gasteiger partial charge in [0.1, 0.15) is 11.6 Å². The standard InChI is InChI=1S/C16H30N2O3/c1-7-12-13(19)17-16(8-2,9-3)14(20)18(12)11-10-15(4,5)21-6/h12H,7-11H2,1-6H3,(H,17,19). The summed E-state index contributed by atoms with van der Waals surface area (Å²) in [6.45, 7) is 10.4. The number of hydrogen-bond acceptors (Lipinski definition) is 3. The lowest BCUT2D eigenvalue weighted by atomic mass is 9.86. The van der Waals surface area contributed by atoms with Gasteiger partial charge in [-0.2, -0.15) is 0 Å². The third-order valence-electron chi connectivity index (χ3n) is 4.81. The van der Waals surface area contributed by atoms with Gasteiger partial charge in [0.2, 0.25) is 11.8 Å². The second-order valence-corrected chi connectivity index (χ2v) is 6.41. The lowest BCUT2D eigenvalue weighted by Crippen LogP contribution is -2.70. The van der Waals surface area contributed by atoms with Gasteiger partial charge in [-0.1, -0.05) is 20.8 Å². The smallest absolute Gasteiger partial charge is 0.248 e. The summed E-state index contributed by atoms with van der Waals surface area (Å²) >= 11 is 0. The first-order valence-corrected chi connectivity index (χ1v) is 7.95. The number of rotatable bonds is 7. The molecule has 5 nitrogen and oxygen atoms in total. The topological polar surface area (TPSA) is 58.6 Å². The van der Waals surface area contributed by atoms with Crippen molar-refractivity contribution in [3.05, 3.63) is 0 Å². The Morgan fingerprint density at radius 1 is 1.24 bits per heavy atom. The summed E-state index contributed by atoms with van der Waals surface area (Å²) in [5, 5.41) is 2.96. The van der Waals surface area contributed by atoms with Crippen molar-refractivity contribution in [1.29, 1.82) is 0 Å². The van der Waals surface area contributed by atoms with Crippen LogP contribution in [0.5, 0.6) is 0 Å². The summed E-state index contributed by atoms with van der Waals surface area (Å²) in [7, 11) is 1.67. The van der Waals surface area contributed by atoms with Gasteiger partial charge in [-0.3, -0.25) is 9.59 Å². The van der Waals surface area contributed by atoms with E-state index in [0.29, 0.717) is 32.2 Å². The monoisotopic (exact) mass is 298 g/mol. The molecule has 0 aromatic heterocycles. The first kappa shape index (κ1) is 18.0. The van der Waals surface area contributed by atoms with Crippen LogP contribution in [0.4, 0.5) is 0 Å². The largest absolute Gasteiger partial charge is 0.379 e. The predicted octanol–water partition coefficient (Wildman–Crippen LogP) is 2.10. The van der Waals surface area contributed by atoms with Gasteiger partial charge in [0.15, 0.2) is 0 Å². The van der Waals surface area contributed by atoms with E-state index < -0.39 is 5.54 Å². The Kier molecular flexibility index (Phi) is 5.79. The molecule has 1 fully saturated rings. The van der Waals surface area contributed by atoms with Gasteiger partial charge in [-0.05, 0) is 39.5 Å². The zero-order valence-corrected chi connectivity index (χ0v) is 14.3. The predicted molar refractivity (Wildman–Crippen MR) is 83.0 cm³/mol. The lowest BCUT2D eigenvalue weighted by molar-refractivity contribution is -0.156. The number of ether oxygens (including phenoxy) is 1. The number of carbonyl (C=O) groups is 2. The highest BCUT2D eigenvalue weighted by Gasteiger charge is 2.48. The quantitative estimate of drug-likeness (QED) is 0.783. The van der Waals surface area contributed by atoms with E-state index in [4.69, 9.17) is 4.74 Å². The Morgan fingerprint density at radius 3 is 2.24 bits per heavy atom. The Balaban J connectivity index is 2.99. The van der Waals surface area contributed by atoms with Crippen LogP contribution in [0.2, 0.25) is 0 Å². The van der Waals surface area contributed by atoms with Crippen LogP contribution in [0.3, 0.4) is 0 Å². The van der Waals surface area contributed by atoms with E-state index in [-0.39, 0.29) is 23.5 Å². The molecular formula is C16H30N2O3. The van der Waals surface area contributed by atoms with Crippen LogP contribution in [0.1, 0.15) is 60.3 Å². The van der Waals surface area contributed by atoms with E-state index in [9.17, 15) is 9.59 Å². The first-order chi connectivity index (χ1) is 9.76. The average Bonchev–Trinajstić information content (AvgIpc) is 2.47. The number of carbonyl (C=O) groups excluding carboxylic acids is 2. The van der Waals surface area contributed by atoms with Crippen molar-refractivity contribution in [2.75, 3.05) is 13.7 Å². The van der Waals surface area contributed by atoms with Crippen LogP contribution < -0.4 is 5.32 Å². The second kappa shape index (κ2) is 6.77. The Bertz CT molecular complexity index is 389. The molecule has 122 valence electrons. The molecule has 1 aliphatic rings.